The third-order valence-corrected chi connectivity index (χ3v) is 4.26. The molecule has 0 bridgehead atoms. The first-order valence-electron chi connectivity index (χ1n) is 6.91. The third kappa shape index (κ3) is 5.28. The van der Waals surface area contributed by atoms with Crippen LogP contribution < -0.4 is 5.32 Å². The minimum Gasteiger partial charge on any atom is -0.444 e. The second kappa shape index (κ2) is 7.46. The Balaban J connectivity index is 2.85. The fraction of sp³-hybridized carbons (Fsp3) is 0.643. The molecule has 1 aromatic heterocycles. The first-order valence-corrected chi connectivity index (χ1v) is 8.08. The van der Waals surface area contributed by atoms with E-state index in [9.17, 15) is 9.59 Å². The molecule has 0 saturated heterocycles. The minimum atomic E-state index is -0.564. The summed E-state index contributed by atoms with van der Waals surface area (Å²) < 4.78 is 7.32. The largest absolute Gasteiger partial charge is 0.444 e. The van der Waals surface area contributed by atoms with Crippen LogP contribution in [0, 0.1) is 5.92 Å². The molecule has 0 aromatic carbocycles. The second-order valence-electron chi connectivity index (χ2n) is 6.29. The van der Waals surface area contributed by atoms with Crippen molar-refractivity contribution in [1.82, 2.24) is 15.1 Å². The molecule has 22 heavy (non-hydrogen) atoms. The SMILES string of the molecule is CC(C)C(Cn1nc(C=O)c(Cl)c1Br)NC(=O)OC(C)(C)C. The molecule has 1 rings (SSSR count). The van der Waals surface area contributed by atoms with E-state index in [4.69, 9.17) is 16.3 Å². The molecule has 1 unspecified atom stereocenters. The van der Waals surface area contributed by atoms with Gasteiger partial charge < -0.3 is 10.1 Å². The van der Waals surface area contributed by atoms with Gasteiger partial charge in [0.2, 0.25) is 0 Å². The normalized spacial score (nSPS) is 13.1. The summed E-state index contributed by atoms with van der Waals surface area (Å²) in [5, 5.41) is 7.19. The van der Waals surface area contributed by atoms with Crippen LogP contribution in [-0.4, -0.2) is 33.8 Å². The molecule has 0 aliphatic rings. The Kier molecular flexibility index (Phi) is 6.43. The van der Waals surface area contributed by atoms with Gasteiger partial charge in [-0.25, -0.2) is 4.79 Å². The van der Waals surface area contributed by atoms with Gasteiger partial charge in [0.05, 0.1) is 12.6 Å². The highest BCUT2D eigenvalue weighted by atomic mass is 79.9. The molecule has 1 atom stereocenters. The van der Waals surface area contributed by atoms with E-state index in [1.54, 1.807) is 25.5 Å². The van der Waals surface area contributed by atoms with Crippen LogP contribution in [0.25, 0.3) is 0 Å². The van der Waals surface area contributed by atoms with Gasteiger partial charge in [-0.2, -0.15) is 5.10 Å². The summed E-state index contributed by atoms with van der Waals surface area (Å²) in [6.07, 6.45) is 0.103. The Morgan fingerprint density at radius 2 is 2.09 bits per heavy atom. The van der Waals surface area contributed by atoms with E-state index in [1.165, 1.54) is 0 Å². The van der Waals surface area contributed by atoms with Crippen LogP contribution in [-0.2, 0) is 11.3 Å². The van der Waals surface area contributed by atoms with Crippen molar-refractivity contribution in [1.29, 1.82) is 0 Å². The summed E-state index contributed by atoms with van der Waals surface area (Å²) in [7, 11) is 0. The van der Waals surface area contributed by atoms with Crippen LogP contribution in [0.5, 0.6) is 0 Å². The third-order valence-electron chi connectivity index (χ3n) is 2.85. The number of aromatic nitrogens is 2. The standard InChI is InChI=1S/C14H21BrClN3O3/c1-8(2)9(17-13(21)22-14(3,4)5)6-19-12(15)11(16)10(7-20)18-19/h7-9H,6H2,1-5H3,(H,17,21). The quantitative estimate of drug-likeness (QED) is 0.773. The molecule has 1 amide bonds. The number of rotatable bonds is 5. The molecular weight excluding hydrogens is 374 g/mol. The molecule has 0 aliphatic heterocycles. The number of ether oxygens (including phenoxy) is 1. The van der Waals surface area contributed by atoms with Crippen molar-refractivity contribution < 1.29 is 14.3 Å². The lowest BCUT2D eigenvalue weighted by atomic mass is 10.1. The fourth-order valence-corrected chi connectivity index (χ4v) is 2.31. The zero-order valence-electron chi connectivity index (χ0n) is 13.3. The maximum absolute atomic E-state index is 11.9. The Morgan fingerprint density at radius 1 is 1.50 bits per heavy atom. The molecule has 1 heterocycles. The Hall–Kier alpha value is -1.08. The van der Waals surface area contributed by atoms with Gasteiger partial charge in [-0.1, -0.05) is 25.4 Å². The zero-order chi connectivity index (χ0) is 17.1. The van der Waals surface area contributed by atoms with Crippen LogP contribution in [0.15, 0.2) is 4.60 Å². The van der Waals surface area contributed by atoms with Crippen molar-refractivity contribution in [2.45, 2.75) is 52.8 Å². The highest BCUT2D eigenvalue weighted by Gasteiger charge is 2.24. The predicted molar refractivity (Wildman–Crippen MR) is 88.3 cm³/mol. The number of aldehydes is 1. The van der Waals surface area contributed by atoms with Crippen LogP contribution in [0.2, 0.25) is 5.02 Å². The summed E-state index contributed by atoms with van der Waals surface area (Å²) in [6.45, 7) is 9.72. The number of nitrogens with one attached hydrogen (secondary N) is 1. The summed E-state index contributed by atoms with van der Waals surface area (Å²) in [6, 6.07) is -0.221. The molecule has 0 aliphatic carbocycles. The van der Waals surface area contributed by atoms with Gasteiger partial charge in [-0.15, -0.1) is 0 Å². The van der Waals surface area contributed by atoms with Gasteiger partial charge in [0.25, 0.3) is 0 Å². The number of amides is 1. The van der Waals surface area contributed by atoms with Crippen LogP contribution >= 0.6 is 27.5 Å². The average Bonchev–Trinajstić information content (AvgIpc) is 2.63. The molecule has 124 valence electrons. The van der Waals surface area contributed by atoms with Crippen molar-refractivity contribution >= 4 is 39.9 Å². The maximum atomic E-state index is 11.9. The van der Waals surface area contributed by atoms with Gasteiger partial charge in [-0.05, 0) is 42.6 Å². The van der Waals surface area contributed by atoms with E-state index in [0.717, 1.165) is 0 Å². The van der Waals surface area contributed by atoms with E-state index >= 15 is 0 Å². The van der Waals surface area contributed by atoms with E-state index in [1.807, 2.05) is 13.8 Å². The molecule has 6 nitrogen and oxygen atoms in total. The number of alkyl carbamates (subject to hydrolysis) is 1. The topological polar surface area (TPSA) is 73.2 Å². The van der Waals surface area contributed by atoms with Crippen LogP contribution in [0.3, 0.4) is 0 Å². The zero-order valence-corrected chi connectivity index (χ0v) is 15.7. The monoisotopic (exact) mass is 393 g/mol. The lowest BCUT2D eigenvalue weighted by Gasteiger charge is -2.26. The molecule has 0 spiro atoms. The average molecular weight is 395 g/mol. The summed E-state index contributed by atoms with van der Waals surface area (Å²) in [5.41, 5.74) is -0.403. The lowest BCUT2D eigenvalue weighted by Crippen LogP contribution is -2.44. The molecule has 0 saturated carbocycles. The minimum absolute atomic E-state index is 0.141. The van der Waals surface area contributed by atoms with Gasteiger partial charge in [0.1, 0.15) is 20.9 Å². The van der Waals surface area contributed by atoms with Gasteiger partial charge in [0, 0.05) is 0 Å². The molecule has 8 heteroatoms. The number of carbonyl (C=O) groups is 2. The molecule has 0 fully saturated rings. The van der Waals surface area contributed by atoms with Crippen molar-refractivity contribution in [3.63, 3.8) is 0 Å². The molecule has 0 radical (unpaired) electrons. The smallest absolute Gasteiger partial charge is 0.407 e. The maximum Gasteiger partial charge on any atom is 0.407 e. The van der Waals surface area contributed by atoms with Gasteiger partial charge >= 0.3 is 6.09 Å². The summed E-state index contributed by atoms with van der Waals surface area (Å²) in [5.74, 6) is 0.141. The highest BCUT2D eigenvalue weighted by Crippen LogP contribution is 2.25. The first kappa shape index (κ1) is 19.0. The first-order chi connectivity index (χ1) is 10.0. The number of carbonyl (C=O) groups excluding carboxylic acids is 2. The highest BCUT2D eigenvalue weighted by molar-refractivity contribution is 9.10. The number of halogens is 2. The Bertz CT molecular complexity index is 552. The number of hydrogen-bond donors (Lipinski definition) is 1. The Labute approximate surface area is 143 Å². The van der Waals surface area contributed by atoms with E-state index in [2.05, 4.69) is 26.3 Å². The van der Waals surface area contributed by atoms with Crippen LogP contribution in [0.4, 0.5) is 4.79 Å². The number of nitrogens with zero attached hydrogens (tertiary/aromatic N) is 2. The Morgan fingerprint density at radius 3 is 2.50 bits per heavy atom. The van der Waals surface area contributed by atoms with Crippen molar-refractivity contribution in [3.05, 3.63) is 15.3 Å². The van der Waals surface area contributed by atoms with Crippen molar-refractivity contribution in [3.8, 4) is 0 Å². The second-order valence-corrected chi connectivity index (χ2v) is 7.42. The van der Waals surface area contributed by atoms with E-state index < -0.39 is 11.7 Å². The lowest BCUT2D eigenvalue weighted by molar-refractivity contribution is 0.0482. The molecular formula is C14H21BrClN3O3. The van der Waals surface area contributed by atoms with Crippen molar-refractivity contribution in [2.24, 2.45) is 5.92 Å². The fourth-order valence-electron chi connectivity index (χ4n) is 1.70. The number of hydrogen-bond acceptors (Lipinski definition) is 4. The van der Waals surface area contributed by atoms with Crippen molar-refractivity contribution in [2.75, 3.05) is 0 Å². The van der Waals surface area contributed by atoms with E-state index in [0.29, 0.717) is 17.4 Å². The summed E-state index contributed by atoms with van der Waals surface area (Å²) >= 11 is 9.30. The van der Waals surface area contributed by atoms with E-state index in [-0.39, 0.29) is 22.7 Å². The van der Waals surface area contributed by atoms with Crippen LogP contribution in [0.1, 0.15) is 45.1 Å². The predicted octanol–water partition coefficient (Wildman–Crippen LogP) is 3.66. The van der Waals surface area contributed by atoms with Gasteiger partial charge in [0.15, 0.2) is 6.29 Å². The molecule has 1 aromatic rings. The van der Waals surface area contributed by atoms with Gasteiger partial charge in [-0.3, -0.25) is 9.48 Å². The molecule has 1 N–H and O–H groups in total. The summed E-state index contributed by atoms with van der Waals surface area (Å²) in [4.78, 5) is 22.8.